The predicted molar refractivity (Wildman–Crippen MR) is 152 cm³/mol. The number of hydrogen-bond acceptors (Lipinski definition) is 6. The SMILES string of the molecule is CCN1CCC(COc2nn(-c3ccccc3)c(NC(=O)N[C@@H]3CN(CC)O[C@H]3c3ccc(F)c(F)c3)c2C)CC1. The number of amides is 2. The first-order valence-corrected chi connectivity index (χ1v) is 14.3. The molecule has 2 amide bonds. The third-order valence-corrected chi connectivity index (χ3v) is 7.89. The molecule has 41 heavy (non-hydrogen) atoms. The molecule has 2 N–H and O–H groups in total. The number of carbonyl (C=O) groups is 1. The van der Waals surface area contributed by atoms with Gasteiger partial charge in [-0.1, -0.05) is 38.1 Å². The van der Waals surface area contributed by atoms with Crippen molar-refractivity contribution in [3.8, 4) is 11.6 Å². The van der Waals surface area contributed by atoms with Crippen LogP contribution < -0.4 is 15.4 Å². The van der Waals surface area contributed by atoms with Crippen molar-refractivity contribution >= 4 is 11.8 Å². The lowest BCUT2D eigenvalue weighted by atomic mass is 9.98. The van der Waals surface area contributed by atoms with Crippen LogP contribution in [0.25, 0.3) is 5.69 Å². The molecule has 5 rings (SSSR count). The molecular weight excluding hydrogens is 530 g/mol. The summed E-state index contributed by atoms with van der Waals surface area (Å²) in [7, 11) is 0. The first-order chi connectivity index (χ1) is 19.9. The number of aromatic nitrogens is 2. The normalized spacial score (nSPS) is 20.3. The standard InChI is InChI=1S/C30H38F2N6O3/c1-4-36-15-13-21(14-16-36)19-40-29-20(3)28(38(35-29)23-9-7-6-8-10-23)34-30(39)33-26-18-37(5-2)41-27(26)22-11-12-24(31)25(32)17-22/h6-12,17,21,26-27H,4-5,13-16,18-19H2,1-3H3,(H2,33,34,39)/t26-,27+/m1/s1. The van der Waals surface area contributed by atoms with Gasteiger partial charge in [0.2, 0.25) is 5.88 Å². The van der Waals surface area contributed by atoms with Crippen LogP contribution in [0.15, 0.2) is 48.5 Å². The molecule has 0 aliphatic carbocycles. The van der Waals surface area contributed by atoms with E-state index in [2.05, 4.69) is 22.5 Å². The van der Waals surface area contributed by atoms with Crippen molar-refractivity contribution < 1.29 is 23.1 Å². The van der Waals surface area contributed by atoms with E-state index < -0.39 is 29.8 Å². The Hall–Kier alpha value is -3.54. The van der Waals surface area contributed by atoms with Crippen LogP contribution >= 0.6 is 0 Å². The van der Waals surface area contributed by atoms with E-state index in [1.165, 1.54) is 6.07 Å². The number of carbonyl (C=O) groups excluding carboxylic acids is 1. The zero-order valence-corrected chi connectivity index (χ0v) is 23.8. The number of likely N-dealkylation sites (N-methyl/N-ethyl adjacent to an activating group) is 1. The molecule has 2 fully saturated rings. The van der Waals surface area contributed by atoms with Crippen molar-refractivity contribution in [3.63, 3.8) is 0 Å². The number of ether oxygens (including phenoxy) is 1. The highest BCUT2D eigenvalue weighted by atomic mass is 19.2. The van der Waals surface area contributed by atoms with Gasteiger partial charge in [-0.3, -0.25) is 10.2 Å². The van der Waals surface area contributed by atoms with Gasteiger partial charge in [0.05, 0.1) is 23.9 Å². The molecule has 2 aromatic carbocycles. The lowest BCUT2D eigenvalue weighted by molar-refractivity contribution is -0.144. The van der Waals surface area contributed by atoms with Crippen molar-refractivity contribution in [1.82, 2.24) is 25.1 Å². The fraction of sp³-hybridized carbons (Fsp3) is 0.467. The van der Waals surface area contributed by atoms with Crippen LogP contribution in [0, 0.1) is 24.5 Å². The number of rotatable bonds is 9. The summed E-state index contributed by atoms with van der Waals surface area (Å²) in [5.74, 6) is -0.482. The zero-order chi connectivity index (χ0) is 28.9. The second-order valence-electron chi connectivity index (χ2n) is 10.6. The molecule has 220 valence electrons. The van der Waals surface area contributed by atoms with Crippen LogP contribution in [0.3, 0.4) is 0 Å². The monoisotopic (exact) mass is 568 g/mol. The summed E-state index contributed by atoms with van der Waals surface area (Å²) in [5.41, 5.74) is 1.93. The largest absolute Gasteiger partial charge is 0.476 e. The Morgan fingerprint density at radius 1 is 1.07 bits per heavy atom. The van der Waals surface area contributed by atoms with Gasteiger partial charge >= 0.3 is 6.03 Å². The summed E-state index contributed by atoms with van der Waals surface area (Å²) in [6.07, 6.45) is 1.49. The maximum Gasteiger partial charge on any atom is 0.320 e. The molecule has 2 saturated heterocycles. The van der Waals surface area contributed by atoms with E-state index in [4.69, 9.17) is 14.7 Å². The summed E-state index contributed by atoms with van der Waals surface area (Å²) in [5, 5.41) is 12.3. The van der Waals surface area contributed by atoms with Gasteiger partial charge in [-0.2, -0.15) is 5.06 Å². The first-order valence-electron chi connectivity index (χ1n) is 14.3. The Balaban J connectivity index is 1.32. The van der Waals surface area contributed by atoms with Gasteiger partial charge in [0.1, 0.15) is 11.9 Å². The van der Waals surface area contributed by atoms with Crippen LogP contribution in [-0.2, 0) is 4.84 Å². The molecular formula is C30H38F2N6O3. The number of hydrogen-bond donors (Lipinski definition) is 2. The molecule has 3 heterocycles. The van der Waals surface area contributed by atoms with Gasteiger partial charge in [-0.15, -0.1) is 5.10 Å². The quantitative estimate of drug-likeness (QED) is 0.375. The molecule has 2 atom stereocenters. The van der Waals surface area contributed by atoms with Crippen molar-refractivity contribution in [2.24, 2.45) is 5.92 Å². The second kappa shape index (κ2) is 13.0. The van der Waals surface area contributed by atoms with E-state index in [-0.39, 0.29) is 0 Å². The highest BCUT2D eigenvalue weighted by Gasteiger charge is 2.36. The van der Waals surface area contributed by atoms with Gasteiger partial charge in [0.25, 0.3) is 0 Å². The minimum atomic E-state index is -0.963. The van der Waals surface area contributed by atoms with E-state index in [1.807, 2.05) is 44.2 Å². The van der Waals surface area contributed by atoms with Crippen molar-refractivity contribution in [3.05, 3.63) is 71.3 Å². The van der Waals surface area contributed by atoms with Crippen LogP contribution in [0.4, 0.5) is 19.4 Å². The Morgan fingerprint density at radius 3 is 2.51 bits per heavy atom. The smallest absolute Gasteiger partial charge is 0.320 e. The Morgan fingerprint density at radius 2 is 1.83 bits per heavy atom. The molecule has 0 radical (unpaired) electrons. The Kier molecular flexibility index (Phi) is 9.16. The van der Waals surface area contributed by atoms with Gasteiger partial charge in [-0.25, -0.2) is 18.3 Å². The number of piperidine rings is 1. The average molecular weight is 569 g/mol. The molecule has 2 aliphatic heterocycles. The number of benzene rings is 2. The highest BCUT2D eigenvalue weighted by molar-refractivity contribution is 5.90. The van der Waals surface area contributed by atoms with E-state index in [0.29, 0.717) is 48.4 Å². The van der Waals surface area contributed by atoms with Crippen molar-refractivity contribution in [1.29, 1.82) is 0 Å². The summed E-state index contributed by atoms with van der Waals surface area (Å²) >= 11 is 0. The molecule has 3 aromatic rings. The maximum atomic E-state index is 14.0. The summed E-state index contributed by atoms with van der Waals surface area (Å²) in [6.45, 7) is 10.7. The van der Waals surface area contributed by atoms with E-state index >= 15 is 0 Å². The Labute approximate surface area is 239 Å². The number of urea groups is 1. The van der Waals surface area contributed by atoms with Crippen LogP contribution in [0.1, 0.15) is 43.9 Å². The average Bonchev–Trinajstić information content (AvgIpc) is 3.54. The number of hydroxylamine groups is 2. The minimum absolute atomic E-state index is 0.385. The molecule has 0 saturated carbocycles. The minimum Gasteiger partial charge on any atom is -0.476 e. The summed E-state index contributed by atoms with van der Waals surface area (Å²) in [4.78, 5) is 21.7. The molecule has 0 spiro atoms. The number of nitrogens with zero attached hydrogens (tertiary/aromatic N) is 4. The van der Waals surface area contributed by atoms with Gasteiger partial charge in [-0.05, 0) is 75.1 Å². The summed E-state index contributed by atoms with van der Waals surface area (Å²) < 4.78 is 35.4. The van der Waals surface area contributed by atoms with E-state index in [9.17, 15) is 13.6 Å². The van der Waals surface area contributed by atoms with Crippen LogP contribution in [0.5, 0.6) is 5.88 Å². The topological polar surface area (TPSA) is 83.9 Å². The molecule has 0 bridgehead atoms. The number of nitrogens with one attached hydrogen (secondary N) is 2. The molecule has 0 unspecified atom stereocenters. The predicted octanol–water partition coefficient (Wildman–Crippen LogP) is 5.07. The molecule has 9 nitrogen and oxygen atoms in total. The van der Waals surface area contributed by atoms with Crippen LogP contribution in [0.2, 0.25) is 0 Å². The molecule has 1 aromatic heterocycles. The summed E-state index contributed by atoms with van der Waals surface area (Å²) in [6, 6.07) is 12.2. The third kappa shape index (κ3) is 6.69. The van der Waals surface area contributed by atoms with Gasteiger partial charge < -0.3 is 15.0 Å². The second-order valence-corrected chi connectivity index (χ2v) is 10.6. The highest BCUT2D eigenvalue weighted by Crippen LogP contribution is 2.32. The van der Waals surface area contributed by atoms with E-state index in [1.54, 1.807) is 9.75 Å². The number of likely N-dealkylation sites (tertiary alicyclic amines) is 1. The molecule has 2 aliphatic rings. The zero-order valence-electron chi connectivity index (χ0n) is 23.8. The maximum absolute atomic E-state index is 14.0. The Bertz CT molecular complexity index is 1330. The number of anilines is 1. The lowest BCUT2D eigenvalue weighted by Gasteiger charge is -2.30. The third-order valence-electron chi connectivity index (χ3n) is 7.89. The fourth-order valence-electron chi connectivity index (χ4n) is 5.39. The lowest BCUT2D eigenvalue weighted by Crippen LogP contribution is -2.42. The van der Waals surface area contributed by atoms with Gasteiger partial charge in [0.15, 0.2) is 11.6 Å². The molecule has 11 heteroatoms. The van der Waals surface area contributed by atoms with E-state index in [0.717, 1.165) is 50.3 Å². The van der Waals surface area contributed by atoms with Crippen molar-refractivity contribution in [2.45, 2.75) is 45.8 Å². The van der Waals surface area contributed by atoms with Crippen LogP contribution in [-0.4, -0.2) is 71.1 Å². The first kappa shape index (κ1) is 29.0. The van der Waals surface area contributed by atoms with Gasteiger partial charge in [0, 0.05) is 13.1 Å². The fourth-order valence-corrected chi connectivity index (χ4v) is 5.39. The van der Waals surface area contributed by atoms with Crippen molar-refractivity contribution in [2.75, 3.05) is 44.6 Å². The number of halogens is 2. The number of para-hydroxylation sites is 1.